The number of benzene rings is 2. The number of hydrogen-bond donors (Lipinski definition) is 6. The molecule has 0 aliphatic carbocycles. The van der Waals surface area contributed by atoms with Gasteiger partial charge >= 0.3 is 0 Å². The van der Waals surface area contributed by atoms with Crippen molar-refractivity contribution in [1.29, 1.82) is 0 Å². The molecule has 0 heterocycles. The molecule has 0 amide bonds. The van der Waals surface area contributed by atoms with E-state index in [1.807, 2.05) is 0 Å². The van der Waals surface area contributed by atoms with E-state index < -0.39 is 36.6 Å². The summed E-state index contributed by atoms with van der Waals surface area (Å²) in [5.74, 6) is 0. The average Bonchev–Trinajstić information content (AvgIpc) is 2.69. The minimum atomic E-state index is -1.90. The van der Waals surface area contributed by atoms with Gasteiger partial charge < -0.3 is 30.6 Å². The van der Waals surface area contributed by atoms with Crippen LogP contribution in [0.2, 0.25) is 10.0 Å². The van der Waals surface area contributed by atoms with Crippen LogP contribution in [0.15, 0.2) is 48.5 Å². The van der Waals surface area contributed by atoms with Gasteiger partial charge in [-0.3, -0.25) is 0 Å². The minimum Gasteiger partial charge on any atom is -0.394 e. The van der Waals surface area contributed by atoms with Gasteiger partial charge in [0, 0.05) is 22.9 Å². The summed E-state index contributed by atoms with van der Waals surface area (Å²) in [5, 5.41) is 61.8. The van der Waals surface area contributed by atoms with Crippen LogP contribution < -0.4 is 0 Å². The van der Waals surface area contributed by atoms with Crippen LogP contribution >= 0.6 is 23.2 Å². The van der Waals surface area contributed by atoms with E-state index in [0.717, 1.165) is 0 Å². The molecule has 6 N–H and O–H groups in total. The molecule has 4 atom stereocenters. The molecule has 0 aromatic heterocycles. The molecule has 0 saturated carbocycles. The van der Waals surface area contributed by atoms with Crippen LogP contribution in [0.3, 0.4) is 0 Å². The van der Waals surface area contributed by atoms with Crippen molar-refractivity contribution in [3.63, 3.8) is 0 Å². The van der Waals surface area contributed by atoms with E-state index >= 15 is 0 Å². The third kappa shape index (κ3) is 5.89. The molecule has 2 aromatic rings. The summed E-state index contributed by atoms with van der Waals surface area (Å²) in [6.07, 6.45) is -7.36. The highest BCUT2D eigenvalue weighted by atomic mass is 35.5. The van der Waals surface area contributed by atoms with Gasteiger partial charge in [-0.25, -0.2) is 0 Å². The molecule has 2 rings (SSSR count). The number of halogens is 2. The molecule has 0 aliphatic heterocycles. The van der Waals surface area contributed by atoms with Crippen LogP contribution in [-0.4, -0.2) is 67.3 Å². The van der Waals surface area contributed by atoms with Gasteiger partial charge in [0.1, 0.15) is 30.0 Å². The fraction of sp³-hybridized carbons (Fsp3) is 0.400. The number of hydrogen-bond acceptors (Lipinski definition) is 6. The Kier molecular flexibility index (Phi) is 8.24. The highest BCUT2D eigenvalue weighted by molar-refractivity contribution is 6.30. The van der Waals surface area contributed by atoms with E-state index in [0.29, 0.717) is 21.2 Å². The second-order valence-corrected chi connectivity index (χ2v) is 7.76. The van der Waals surface area contributed by atoms with Gasteiger partial charge in [0.25, 0.3) is 0 Å². The fourth-order valence-electron chi connectivity index (χ4n) is 3.02. The van der Waals surface area contributed by atoms with Crippen molar-refractivity contribution in [3.8, 4) is 0 Å². The minimum absolute atomic E-state index is 0.0625. The maximum atomic E-state index is 11.3. The Labute approximate surface area is 173 Å². The van der Waals surface area contributed by atoms with Crippen LogP contribution in [0.1, 0.15) is 11.1 Å². The molecule has 154 valence electrons. The lowest BCUT2D eigenvalue weighted by molar-refractivity contribution is -0.172. The van der Waals surface area contributed by atoms with Gasteiger partial charge in [0.05, 0.1) is 6.61 Å². The van der Waals surface area contributed by atoms with Gasteiger partial charge in [-0.15, -0.1) is 0 Å². The van der Waals surface area contributed by atoms with E-state index in [1.54, 1.807) is 48.5 Å². The Hall–Kier alpha value is -1.22. The summed E-state index contributed by atoms with van der Waals surface area (Å²) in [5.41, 5.74) is -0.606. The lowest BCUT2D eigenvalue weighted by Gasteiger charge is -2.38. The summed E-state index contributed by atoms with van der Waals surface area (Å²) in [6.45, 7) is -0.808. The third-order valence-electron chi connectivity index (χ3n) is 4.65. The van der Waals surface area contributed by atoms with Crippen molar-refractivity contribution >= 4 is 23.2 Å². The van der Waals surface area contributed by atoms with Gasteiger partial charge in [-0.05, 0) is 35.4 Å². The Morgan fingerprint density at radius 1 is 0.714 bits per heavy atom. The summed E-state index contributed by atoms with van der Waals surface area (Å²) < 4.78 is 0. The zero-order valence-electron chi connectivity index (χ0n) is 15.0. The van der Waals surface area contributed by atoms with E-state index in [2.05, 4.69) is 0 Å². The second kappa shape index (κ2) is 10.0. The standard InChI is InChI=1S/C20H24Cl2O6/c21-14-5-1-12(2-6-14)9-20(28,10-13-3-7-15(22)8-4-13)19(27)18(26)17(25)16(24)11-23/h1-8,16-19,23-28H,9-11H2/t16-,17-,18+,19-/m1/s1. The van der Waals surface area contributed by atoms with Crippen molar-refractivity contribution in [1.82, 2.24) is 0 Å². The van der Waals surface area contributed by atoms with Crippen LogP contribution in [0.5, 0.6) is 0 Å². The quantitative estimate of drug-likeness (QED) is 0.352. The Morgan fingerprint density at radius 3 is 1.46 bits per heavy atom. The van der Waals surface area contributed by atoms with E-state index in [4.69, 9.17) is 28.3 Å². The number of aliphatic hydroxyl groups excluding tert-OH is 5. The molecular formula is C20H24Cl2O6. The summed E-state index contributed by atoms with van der Waals surface area (Å²) in [6, 6.07) is 13.2. The molecular weight excluding hydrogens is 407 g/mol. The lowest BCUT2D eigenvalue weighted by Crippen LogP contribution is -2.57. The Balaban J connectivity index is 2.32. The van der Waals surface area contributed by atoms with Crippen molar-refractivity contribution in [2.45, 2.75) is 42.9 Å². The van der Waals surface area contributed by atoms with Gasteiger partial charge in [-0.1, -0.05) is 47.5 Å². The average molecular weight is 431 g/mol. The topological polar surface area (TPSA) is 121 Å². The van der Waals surface area contributed by atoms with Crippen molar-refractivity contribution in [2.24, 2.45) is 0 Å². The van der Waals surface area contributed by atoms with Crippen LogP contribution in [-0.2, 0) is 12.8 Å². The molecule has 0 unspecified atom stereocenters. The molecule has 0 aliphatic rings. The van der Waals surface area contributed by atoms with Gasteiger partial charge in [0.15, 0.2) is 0 Å². The largest absolute Gasteiger partial charge is 0.394 e. The summed E-state index contributed by atoms with van der Waals surface area (Å²) in [4.78, 5) is 0. The molecule has 0 radical (unpaired) electrons. The van der Waals surface area contributed by atoms with Crippen LogP contribution in [0, 0.1) is 0 Å². The predicted molar refractivity (Wildman–Crippen MR) is 106 cm³/mol. The van der Waals surface area contributed by atoms with E-state index in [-0.39, 0.29) is 12.8 Å². The maximum Gasteiger partial charge on any atom is 0.112 e. The molecule has 2 aromatic carbocycles. The third-order valence-corrected chi connectivity index (χ3v) is 5.16. The lowest BCUT2D eigenvalue weighted by atomic mass is 9.79. The summed E-state index contributed by atoms with van der Waals surface area (Å²) in [7, 11) is 0. The highest BCUT2D eigenvalue weighted by Gasteiger charge is 2.44. The predicted octanol–water partition coefficient (Wildman–Crippen LogP) is 0.946. The molecule has 28 heavy (non-hydrogen) atoms. The van der Waals surface area contributed by atoms with E-state index in [1.165, 1.54) is 0 Å². The van der Waals surface area contributed by atoms with Crippen LogP contribution in [0.4, 0.5) is 0 Å². The first-order valence-corrected chi connectivity index (χ1v) is 9.46. The maximum absolute atomic E-state index is 11.3. The van der Waals surface area contributed by atoms with Crippen LogP contribution in [0.25, 0.3) is 0 Å². The monoisotopic (exact) mass is 430 g/mol. The first kappa shape index (κ1) is 23.1. The van der Waals surface area contributed by atoms with Gasteiger partial charge in [-0.2, -0.15) is 0 Å². The molecule has 6 nitrogen and oxygen atoms in total. The molecule has 0 saturated heterocycles. The number of aliphatic hydroxyl groups is 6. The van der Waals surface area contributed by atoms with Crippen molar-refractivity contribution < 1.29 is 30.6 Å². The second-order valence-electron chi connectivity index (χ2n) is 6.89. The molecule has 8 heteroatoms. The molecule has 0 fully saturated rings. The van der Waals surface area contributed by atoms with Crippen molar-refractivity contribution in [3.05, 3.63) is 69.7 Å². The van der Waals surface area contributed by atoms with Crippen molar-refractivity contribution in [2.75, 3.05) is 6.61 Å². The SMILES string of the molecule is OC[C@@H](O)[C@@H](O)[C@H](O)[C@@H](O)C(O)(Cc1ccc(Cl)cc1)Cc1ccc(Cl)cc1. The highest BCUT2D eigenvalue weighted by Crippen LogP contribution is 2.28. The first-order valence-electron chi connectivity index (χ1n) is 8.70. The molecule has 0 bridgehead atoms. The van der Waals surface area contributed by atoms with Gasteiger partial charge in [0.2, 0.25) is 0 Å². The van der Waals surface area contributed by atoms with E-state index in [9.17, 15) is 25.5 Å². The zero-order valence-corrected chi connectivity index (χ0v) is 16.5. The zero-order chi connectivity index (χ0) is 20.9. The fourth-order valence-corrected chi connectivity index (χ4v) is 3.28. The Morgan fingerprint density at radius 2 is 1.11 bits per heavy atom. The first-order chi connectivity index (χ1) is 13.2. The number of rotatable bonds is 9. The smallest absolute Gasteiger partial charge is 0.112 e. The molecule has 0 spiro atoms. The Bertz CT molecular complexity index is 690. The summed E-state index contributed by atoms with van der Waals surface area (Å²) >= 11 is 11.8. The normalized spacial score (nSPS) is 16.4.